The molecule has 6 heteroatoms. The molecule has 0 aliphatic carbocycles. The first-order valence-corrected chi connectivity index (χ1v) is 9.15. The third kappa shape index (κ3) is 5.74. The van der Waals surface area contributed by atoms with E-state index in [2.05, 4.69) is 29.6 Å². The van der Waals surface area contributed by atoms with Crippen LogP contribution in [0.4, 0.5) is 5.69 Å². The van der Waals surface area contributed by atoms with Crippen molar-refractivity contribution in [3.8, 4) is 5.75 Å². The summed E-state index contributed by atoms with van der Waals surface area (Å²) in [4.78, 5) is 26.4. The van der Waals surface area contributed by atoms with Gasteiger partial charge in [-0.05, 0) is 56.2 Å². The van der Waals surface area contributed by atoms with E-state index in [1.807, 2.05) is 36.4 Å². The van der Waals surface area contributed by atoms with Crippen LogP contribution in [0.3, 0.4) is 0 Å². The number of benzene rings is 2. The van der Waals surface area contributed by atoms with Crippen molar-refractivity contribution < 1.29 is 14.3 Å². The summed E-state index contributed by atoms with van der Waals surface area (Å²) in [6.07, 6.45) is 0.784. The van der Waals surface area contributed by atoms with Crippen LogP contribution in [0.25, 0.3) is 0 Å². The fourth-order valence-corrected chi connectivity index (χ4v) is 2.83. The van der Waals surface area contributed by atoms with Crippen molar-refractivity contribution in [2.24, 2.45) is 0 Å². The molecule has 144 valence electrons. The molecule has 2 amide bonds. The van der Waals surface area contributed by atoms with Crippen molar-refractivity contribution >= 4 is 17.5 Å². The number of para-hydroxylation sites is 1. The van der Waals surface area contributed by atoms with E-state index in [9.17, 15) is 9.59 Å². The molecular weight excluding hydrogens is 342 g/mol. The highest BCUT2D eigenvalue weighted by Gasteiger charge is 2.10. The Morgan fingerprint density at radius 2 is 1.63 bits per heavy atom. The highest BCUT2D eigenvalue weighted by atomic mass is 16.5. The van der Waals surface area contributed by atoms with Gasteiger partial charge in [0.1, 0.15) is 5.75 Å². The maximum absolute atomic E-state index is 12.2. The molecule has 0 spiro atoms. The third-order valence-electron chi connectivity index (χ3n) is 4.39. The maximum atomic E-state index is 12.2. The monoisotopic (exact) mass is 369 g/mol. The number of hydrogen-bond acceptors (Lipinski definition) is 4. The molecule has 6 nitrogen and oxygen atoms in total. The molecular formula is C21H27N3O3. The summed E-state index contributed by atoms with van der Waals surface area (Å²) in [5.74, 6) is 0.156. The number of aryl methyl sites for hydroxylation is 1. The second kappa shape index (κ2) is 10.2. The molecule has 27 heavy (non-hydrogen) atoms. The predicted molar refractivity (Wildman–Crippen MR) is 107 cm³/mol. The van der Waals surface area contributed by atoms with E-state index < -0.39 is 0 Å². The van der Waals surface area contributed by atoms with Crippen LogP contribution in [-0.4, -0.2) is 32.0 Å². The molecule has 0 saturated heterocycles. The summed E-state index contributed by atoms with van der Waals surface area (Å²) in [5, 5.41) is 0. The number of ether oxygens (including phenoxy) is 1. The van der Waals surface area contributed by atoms with Gasteiger partial charge in [-0.25, -0.2) is 0 Å². The van der Waals surface area contributed by atoms with Crippen molar-refractivity contribution in [2.75, 3.05) is 25.1 Å². The molecule has 2 N–H and O–H groups in total. The topological polar surface area (TPSA) is 70.7 Å². The van der Waals surface area contributed by atoms with Gasteiger partial charge in [0, 0.05) is 30.8 Å². The van der Waals surface area contributed by atoms with E-state index in [0.29, 0.717) is 12.0 Å². The van der Waals surface area contributed by atoms with Crippen molar-refractivity contribution in [2.45, 2.75) is 26.7 Å². The molecule has 0 fully saturated rings. The Morgan fingerprint density at radius 3 is 2.26 bits per heavy atom. The first kappa shape index (κ1) is 20.3. The lowest BCUT2D eigenvalue weighted by Crippen LogP contribution is -2.41. The molecule has 2 aromatic carbocycles. The van der Waals surface area contributed by atoms with E-state index >= 15 is 0 Å². The average molecular weight is 369 g/mol. The lowest BCUT2D eigenvalue weighted by molar-refractivity contribution is -0.121. The van der Waals surface area contributed by atoms with Crippen LogP contribution in [-0.2, 0) is 11.2 Å². The highest BCUT2D eigenvalue weighted by Crippen LogP contribution is 2.18. The number of carbonyl (C=O) groups excluding carboxylic acids is 2. The summed E-state index contributed by atoms with van der Waals surface area (Å²) in [6, 6.07) is 14.9. The zero-order chi connectivity index (χ0) is 19.6. The number of hydrogen-bond donors (Lipinski definition) is 2. The Morgan fingerprint density at radius 1 is 0.963 bits per heavy atom. The standard InChI is InChI=1S/C21H27N3O3/c1-4-24(5-2)18-13-10-17(11-14-18)21(26)23-22-20(25)15-12-16-8-6-7-9-19(16)27-3/h6-11,13-14H,4-5,12,15H2,1-3H3,(H,22,25)(H,23,26). The predicted octanol–water partition coefficient (Wildman–Crippen LogP) is 2.94. The van der Waals surface area contributed by atoms with Crippen LogP contribution < -0.4 is 20.5 Å². The smallest absolute Gasteiger partial charge is 0.269 e. The van der Waals surface area contributed by atoms with E-state index in [1.54, 1.807) is 19.2 Å². The van der Waals surface area contributed by atoms with Crippen LogP contribution in [0, 0.1) is 0 Å². The number of nitrogens with one attached hydrogen (secondary N) is 2. The quantitative estimate of drug-likeness (QED) is 0.702. The van der Waals surface area contributed by atoms with Crippen LogP contribution in [0.1, 0.15) is 36.2 Å². The summed E-state index contributed by atoms with van der Waals surface area (Å²) in [6.45, 7) is 5.99. The first-order valence-electron chi connectivity index (χ1n) is 9.15. The van der Waals surface area contributed by atoms with Crippen LogP contribution in [0.5, 0.6) is 5.75 Å². The van der Waals surface area contributed by atoms with Gasteiger partial charge in [0.2, 0.25) is 5.91 Å². The second-order valence-corrected chi connectivity index (χ2v) is 6.03. The number of rotatable bonds is 8. The number of nitrogens with zero attached hydrogens (tertiary/aromatic N) is 1. The average Bonchev–Trinajstić information content (AvgIpc) is 2.72. The van der Waals surface area contributed by atoms with Gasteiger partial charge in [0.15, 0.2) is 0 Å². The second-order valence-electron chi connectivity index (χ2n) is 6.03. The zero-order valence-electron chi connectivity index (χ0n) is 16.1. The molecule has 0 heterocycles. The van der Waals surface area contributed by atoms with Crippen molar-refractivity contribution in [3.63, 3.8) is 0 Å². The minimum Gasteiger partial charge on any atom is -0.496 e. The number of anilines is 1. The van der Waals surface area contributed by atoms with Crippen LogP contribution in [0.15, 0.2) is 48.5 Å². The fraction of sp³-hybridized carbons (Fsp3) is 0.333. The SMILES string of the molecule is CCN(CC)c1ccc(C(=O)NNC(=O)CCc2ccccc2OC)cc1. The number of amides is 2. The first-order chi connectivity index (χ1) is 13.1. The van der Waals surface area contributed by atoms with Crippen molar-refractivity contribution in [1.29, 1.82) is 0 Å². The van der Waals surface area contributed by atoms with Gasteiger partial charge >= 0.3 is 0 Å². The van der Waals surface area contributed by atoms with Gasteiger partial charge in [-0.3, -0.25) is 20.4 Å². The molecule has 0 aromatic heterocycles. The Hall–Kier alpha value is -3.02. The molecule has 0 bridgehead atoms. The van der Waals surface area contributed by atoms with Gasteiger partial charge in [0.25, 0.3) is 5.91 Å². The Bertz CT molecular complexity index is 756. The lowest BCUT2D eigenvalue weighted by Gasteiger charge is -2.21. The molecule has 0 atom stereocenters. The molecule has 2 aromatic rings. The third-order valence-corrected chi connectivity index (χ3v) is 4.39. The van der Waals surface area contributed by atoms with Gasteiger partial charge in [-0.2, -0.15) is 0 Å². The van der Waals surface area contributed by atoms with Crippen molar-refractivity contribution in [3.05, 3.63) is 59.7 Å². The molecule has 0 aliphatic heterocycles. The lowest BCUT2D eigenvalue weighted by atomic mass is 10.1. The summed E-state index contributed by atoms with van der Waals surface area (Å²) >= 11 is 0. The van der Waals surface area contributed by atoms with E-state index in [4.69, 9.17) is 4.74 Å². The van der Waals surface area contributed by atoms with Crippen LogP contribution >= 0.6 is 0 Å². The molecule has 0 radical (unpaired) electrons. The summed E-state index contributed by atoms with van der Waals surface area (Å²) < 4.78 is 5.27. The van der Waals surface area contributed by atoms with Gasteiger partial charge < -0.3 is 9.64 Å². The van der Waals surface area contributed by atoms with Gasteiger partial charge in [-0.15, -0.1) is 0 Å². The number of methoxy groups -OCH3 is 1. The highest BCUT2D eigenvalue weighted by molar-refractivity contribution is 5.95. The minimum absolute atomic E-state index is 0.252. The summed E-state index contributed by atoms with van der Waals surface area (Å²) in [5.41, 5.74) is 7.43. The molecule has 0 saturated carbocycles. The van der Waals surface area contributed by atoms with Crippen molar-refractivity contribution in [1.82, 2.24) is 10.9 Å². The number of carbonyl (C=O) groups is 2. The van der Waals surface area contributed by atoms with E-state index in [1.165, 1.54) is 0 Å². The van der Waals surface area contributed by atoms with E-state index in [-0.39, 0.29) is 18.2 Å². The molecule has 0 aliphatic rings. The zero-order valence-corrected chi connectivity index (χ0v) is 16.1. The van der Waals surface area contributed by atoms with Gasteiger partial charge in [-0.1, -0.05) is 18.2 Å². The number of hydrazine groups is 1. The van der Waals surface area contributed by atoms with E-state index in [0.717, 1.165) is 30.1 Å². The summed E-state index contributed by atoms with van der Waals surface area (Å²) in [7, 11) is 1.60. The minimum atomic E-state index is -0.341. The normalized spacial score (nSPS) is 10.2. The fourth-order valence-electron chi connectivity index (χ4n) is 2.83. The Labute approximate surface area is 160 Å². The van der Waals surface area contributed by atoms with Gasteiger partial charge in [0.05, 0.1) is 7.11 Å². The Balaban J connectivity index is 1.83. The van der Waals surface area contributed by atoms with Crippen LogP contribution in [0.2, 0.25) is 0 Å². The molecule has 0 unspecified atom stereocenters. The largest absolute Gasteiger partial charge is 0.496 e. The Kier molecular flexibility index (Phi) is 7.67. The molecule has 2 rings (SSSR count). The maximum Gasteiger partial charge on any atom is 0.269 e.